The highest BCUT2D eigenvalue weighted by Crippen LogP contribution is 2.29. The van der Waals surface area contributed by atoms with Crippen LogP contribution in [0.25, 0.3) is 11.8 Å². The smallest absolute Gasteiger partial charge is 0.294 e. The third-order valence-electron chi connectivity index (χ3n) is 8.24. The standard InChI is InChI=1S/C37H28N6O16S4/c44-34(39-24-8-16-28(17-9-24)61(48,49)50)33-31(36(45)42(40-33)25-10-18-29(19-11-25)62(51,52)53)4-2-1-3-5-32-35(57-22-38-23-6-14-27(15-7-23)60-59-58-47)41-43(37(32)46)26-12-20-30(21-13-26)63(54,55)56/h1-22,45,47H,(H,39,44)(H,48,49,50)(H,51,52,53)(H,54,55,56). The molecule has 0 fully saturated rings. The normalized spacial score (nSPS) is 14.3. The molecule has 0 atom stereocenters. The van der Waals surface area contributed by atoms with Gasteiger partial charge in [0.2, 0.25) is 5.88 Å². The SMILES string of the molecule is O=C(Nc1ccc(S(=O)(=O)O)cc1)c1nn(-c2ccc(S(=O)(=O)O)cc2)c(O)c1C=CC=CC=C1C(=O)N(c2ccc(S(=O)(=O)O)cc2)N=C1OC=Nc1ccc(SOOO)cc1. The van der Waals surface area contributed by atoms with Crippen LogP contribution in [0, 0.1) is 0 Å². The van der Waals surface area contributed by atoms with Crippen LogP contribution in [0.15, 0.2) is 157 Å². The number of allylic oxidation sites excluding steroid dienone is 4. The molecule has 63 heavy (non-hydrogen) atoms. The van der Waals surface area contributed by atoms with Gasteiger partial charge in [-0.15, -0.1) is 9.44 Å². The van der Waals surface area contributed by atoms with Crippen molar-refractivity contribution in [3.8, 4) is 11.6 Å². The highest BCUT2D eigenvalue weighted by molar-refractivity contribution is 7.94. The lowest BCUT2D eigenvalue weighted by atomic mass is 10.2. The number of aliphatic imine (C=N–C) groups is 1. The summed E-state index contributed by atoms with van der Waals surface area (Å²) in [4.78, 5) is 30.5. The predicted octanol–water partition coefficient (Wildman–Crippen LogP) is 5.23. The summed E-state index contributed by atoms with van der Waals surface area (Å²) in [5.41, 5.74) is -0.0337. The first-order valence-corrected chi connectivity index (χ1v) is 22.2. The van der Waals surface area contributed by atoms with Gasteiger partial charge in [-0.05, 0) is 109 Å². The average molecular weight is 941 g/mol. The van der Waals surface area contributed by atoms with Gasteiger partial charge in [-0.3, -0.25) is 23.2 Å². The lowest BCUT2D eigenvalue weighted by Crippen LogP contribution is -2.21. The first-order valence-electron chi connectivity index (χ1n) is 17.1. The molecule has 26 heteroatoms. The van der Waals surface area contributed by atoms with Gasteiger partial charge >= 0.3 is 0 Å². The van der Waals surface area contributed by atoms with Crippen LogP contribution in [0.3, 0.4) is 0 Å². The Kier molecular flexibility index (Phi) is 13.8. The Bertz CT molecular complexity index is 3040. The number of nitrogens with one attached hydrogen (secondary N) is 1. The molecule has 1 aromatic heterocycles. The summed E-state index contributed by atoms with van der Waals surface area (Å²) < 4.78 is 108. The molecule has 0 aliphatic carbocycles. The third-order valence-corrected chi connectivity index (χ3v) is 11.4. The molecule has 0 radical (unpaired) electrons. The number of hydrogen-bond donors (Lipinski definition) is 6. The van der Waals surface area contributed by atoms with E-state index in [2.05, 4.69) is 29.9 Å². The van der Waals surface area contributed by atoms with Crippen LogP contribution in [0.5, 0.6) is 5.88 Å². The number of carbonyl (C=O) groups is 2. The van der Waals surface area contributed by atoms with E-state index in [9.17, 15) is 53.6 Å². The molecule has 4 aromatic carbocycles. The molecule has 0 unspecified atom stereocenters. The zero-order valence-electron chi connectivity index (χ0n) is 31.3. The summed E-state index contributed by atoms with van der Waals surface area (Å²) in [5, 5.41) is 34.9. The van der Waals surface area contributed by atoms with Gasteiger partial charge < -0.3 is 15.2 Å². The molecule has 5 aromatic rings. The Morgan fingerprint density at radius 3 is 1.86 bits per heavy atom. The van der Waals surface area contributed by atoms with E-state index in [1.54, 1.807) is 24.3 Å². The van der Waals surface area contributed by atoms with Gasteiger partial charge in [-0.1, -0.05) is 23.3 Å². The van der Waals surface area contributed by atoms with Crippen LogP contribution in [0.2, 0.25) is 0 Å². The first kappa shape index (κ1) is 45.7. The van der Waals surface area contributed by atoms with Crippen molar-refractivity contribution in [3.63, 3.8) is 0 Å². The number of hydrazone groups is 1. The number of aromatic hydroxyl groups is 1. The summed E-state index contributed by atoms with van der Waals surface area (Å²) in [6.45, 7) is 0. The second-order valence-electron chi connectivity index (χ2n) is 12.3. The second kappa shape index (κ2) is 19.0. The van der Waals surface area contributed by atoms with Crippen molar-refractivity contribution >= 4 is 89.6 Å². The van der Waals surface area contributed by atoms with Crippen LogP contribution in [0.4, 0.5) is 17.1 Å². The van der Waals surface area contributed by atoms with E-state index in [1.165, 1.54) is 66.8 Å². The Balaban J connectivity index is 1.29. The molecule has 0 bridgehead atoms. The van der Waals surface area contributed by atoms with Crippen LogP contribution in [-0.2, 0) is 49.3 Å². The van der Waals surface area contributed by atoms with Gasteiger partial charge in [0.15, 0.2) is 12.1 Å². The van der Waals surface area contributed by atoms with Crippen molar-refractivity contribution in [1.82, 2.24) is 9.78 Å². The minimum Gasteiger partial charge on any atom is -0.493 e. The van der Waals surface area contributed by atoms with Crippen molar-refractivity contribution in [2.24, 2.45) is 10.1 Å². The molecule has 0 spiro atoms. The molecular weight excluding hydrogens is 913 g/mol. The Labute approximate surface area is 360 Å². The van der Waals surface area contributed by atoms with E-state index in [4.69, 9.17) is 9.99 Å². The quantitative estimate of drug-likeness (QED) is 0.0114. The van der Waals surface area contributed by atoms with E-state index >= 15 is 0 Å². The van der Waals surface area contributed by atoms with Crippen molar-refractivity contribution in [3.05, 3.63) is 138 Å². The average Bonchev–Trinajstić information content (AvgIpc) is 3.74. The highest BCUT2D eigenvalue weighted by Gasteiger charge is 2.32. The van der Waals surface area contributed by atoms with E-state index < -0.39 is 62.7 Å². The molecule has 326 valence electrons. The molecule has 0 saturated carbocycles. The number of rotatable bonds is 15. The van der Waals surface area contributed by atoms with Crippen molar-refractivity contribution in [2.45, 2.75) is 19.6 Å². The van der Waals surface area contributed by atoms with Crippen LogP contribution < -0.4 is 10.3 Å². The second-order valence-corrected chi connectivity index (χ2v) is 17.3. The fourth-order valence-electron chi connectivity index (χ4n) is 5.29. The maximum Gasteiger partial charge on any atom is 0.294 e. The predicted molar refractivity (Wildman–Crippen MR) is 223 cm³/mol. The maximum atomic E-state index is 13.6. The van der Waals surface area contributed by atoms with Crippen molar-refractivity contribution in [2.75, 3.05) is 10.3 Å². The number of nitrogens with zero attached hydrogens (tertiary/aromatic N) is 5. The summed E-state index contributed by atoms with van der Waals surface area (Å²) in [7, 11) is -13.6. The molecule has 22 nitrogen and oxygen atoms in total. The third kappa shape index (κ3) is 11.4. The fraction of sp³-hybridized carbons (Fsp3) is 0. The number of amides is 2. The number of hydrogen-bond acceptors (Lipinski definition) is 17. The topological polar surface area (TPSA) is 323 Å². The zero-order chi connectivity index (χ0) is 45.5. The zero-order valence-corrected chi connectivity index (χ0v) is 34.6. The molecule has 6 rings (SSSR count). The number of anilines is 2. The molecule has 2 heterocycles. The number of ether oxygens (including phenoxy) is 1. The lowest BCUT2D eigenvalue weighted by Gasteiger charge is -2.11. The van der Waals surface area contributed by atoms with Crippen LogP contribution in [-0.4, -0.2) is 83.2 Å². The van der Waals surface area contributed by atoms with Gasteiger partial charge in [-0.2, -0.15) is 40.0 Å². The van der Waals surface area contributed by atoms with Crippen LogP contribution in [0.1, 0.15) is 16.1 Å². The fourth-order valence-corrected chi connectivity index (χ4v) is 7.09. The van der Waals surface area contributed by atoms with Gasteiger partial charge in [0.05, 0.1) is 49.4 Å². The highest BCUT2D eigenvalue weighted by atomic mass is 32.2. The minimum atomic E-state index is -4.57. The monoisotopic (exact) mass is 940 g/mol. The molecular formula is C37H28N6O16S4. The number of carbonyl (C=O) groups excluding carboxylic acids is 2. The van der Waals surface area contributed by atoms with E-state index in [0.29, 0.717) is 10.6 Å². The first-order chi connectivity index (χ1) is 29.8. The van der Waals surface area contributed by atoms with Crippen molar-refractivity contribution in [1.29, 1.82) is 0 Å². The summed E-state index contributed by atoms with van der Waals surface area (Å²) in [6.07, 6.45) is 7.66. The van der Waals surface area contributed by atoms with Crippen molar-refractivity contribution < 1.29 is 73.0 Å². The summed E-state index contributed by atoms with van der Waals surface area (Å²) in [6, 6.07) is 19.8. The molecule has 0 saturated heterocycles. The molecule has 2 amide bonds. The van der Waals surface area contributed by atoms with Gasteiger partial charge in [0.1, 0.15) is 5.57 Å². The van der Waals surface area contributed by atoms with E-state index in [0.717, 1.165) is 64.5 Å². The van der Waals surface area contributed by atoms with E-state index in [1.807, 2.05) is 0 Å². The van der Waals surface area contributed by atoms with E-state index in [-0.39, 0.29) is 39.8 Å². The summed E-state index contributed by atoms with van der Waals surface area (Å²) in [5.74, 6) is -2.49. The lowest BCUT2D eigenvalue weighted by molar-refractivity contribution is -0.432. The van der Waals surface area contributed by atoms with Gasteiger partial charge in [-0.25, -0.2) is 10.2 Å². The Hall–Kier alpha value is -6.85. The largest absolute Gasteiger partial charge is 0.493 e. The van der Waals surface area contributed by atoms with Gasteiger partial charge in [0, 0.05) is 10.6 Å². The summed E-state index contributed by atoms with van der Waals surface area (Å²) >= 11 is 0.725. The molecule has 6 N–H and O–H groups in total. The Morgan fingerprint density at radius 1 is 0.746 bits per heavy atom. The molecule has 1 aliphatic rings. The Morgan fingerprint density at radius 2 is 1.30 bits per heavy atom. The number of aromatic nitrogens is 2. The van der Waals surface area contributed by atoms with Crippen LogP contribution >= 0.6 is 12.0 Å². The number of benzene rings is 4. The molecule has 1 aliphatic heterocycles. The maximum absolute atomic E-state index is 13.6. The minimum absolute atomic E-state index is 0.0671. The van der Waals surface area contributed by atoms with Gasteiger partial charge in [0.25, 0.3) is 48.1 Å².